The maximum Gasteiger partial charge on any atom is 0.435 e. The number of nitrogens with two attached hydrogens (primary N) is 1. The Kier molecular flexibility index (Phi) is 7.50. The van der Waals surface area contributed by atoms with Gasteiger partial charge in [0.15, 0.2) is 11.5 Å². The summed E-state index contributed by atoms with van der Waals surface area (Å²) >= 11 is 6.42. The van der Waals surface area contributed by atoms with Gasteiger partial charge in [-0.15, -0.1) is 0 Å². The number of carbonyl (C=O) groups is 3. The third kappa shape index (κ3) is 5.70. The highest BCUT2D eigenvalue weighted by atomic mass is 35.5. The Bertz CT molecular complexity index is 1710. The highest BCUT2D eigenvalue weighted by molar-refractivity contribution is 6.34. The molecule has 3 saturated carbocycles. The lowest BCUT2D eigenvalue weighted by atomic mass is 10.2. The van der Waals surface area contributed by atoms with Crippen LogP contribution in [0.2, 0.25) is 5.02 Å². The molecule has 244 valence electrons. The fourth-order valence-corrected chi connectivity index (χ4v) is 6.97. The zero-order valence-corrected chi connectivity index (χ0v) is 25.6. The molecule has 3 aliphatic carbocycles. The molecule has 3 aromatic rings. The number of piperidine rings is 1. The minimum Gasteiger partial charge on any atom is -0.349 e. The summed E-state index contributed by atoms with van der Waals surface area (Å²) in [5, 5.41) is 12.6. The molecule has 0 bridgehead atoms. The molecular weight excluding hydrogens is 627 g/mol. The van der Waals surface area contributed by atoms with Crippen molar-refractivity contribution in [3.05, 3.63) is 52.7 Å². The van der Waals surface area contributed by atoms with Gasteiger partial charge in [0.25, 0.3) is 11.8 Å². The number of nitrogens with one attached hydrogen (secondary N) is 3. The van der Waals surface area contributed by atoms with Crippen LogP contribution in [-0.4, -0.2) is 73.3 Å². The highest BCUT2D eigenvalue weighted by Crippen LogP contribution is 2.46. The third-order valence-corrected chi connectivity index (χ3v) is 9.83. The summed E-state index contributed by atoms with van der Waals surface area (Å²) in [4.78, 5) is 44.6. The lowest BCUT2D eigenvalue weighted by molar-refractivity contribution is -0.141. The summed E-state index contributed by atoms with van der Waals surface area (Å²) in [6.45, 7) is 1.11. The maximum atomic E-state index is 13.7. The Labute approximate surface area is 266 Å². The van der Waals surface area contributed by atoms with Crippen LogP contribution in [0.1, 0.15) is 64.8 Å². The van der Waals surface area contributed by atoms with E-state index >= 15 is 0 Å². The van der Waals surface area contributed by atoms with Gasteiger partial charge in [-0.25, -0.2) is 9.78 Å². The largest absolute Gasteiger partial charge is 0.435 e. The number of halogens is 4. The van der Waals surface area contributed by atoms with Crippen LogP contribution >= 0.6 is 11.6 Å². The van der Waals surface area contributed by atoms with Crippen molar-refractivity contribution in [2.75, 3.05) is 18.4 Å². The monoisotopic (exact) mass is 659 g/mol. The van der Waals surface area contributed by atoms with E-state index in [0.717, 1.165) is 32.1 Å². The van der Waals surface area contributed by atoms with Crippen LogP contribution in [0.3, 0.4) is 0 Å². The Morgan fingerprint density at radius 3 is 2.41 bits per heavy atom. The number of benzene rings is 1. The van der Waals surface area contributed by atoms with Gasteiger partial charge in [-0.1, -0.05) is 11.6 Å². The lowest BCUT2D eigenvalue weighted by Crippen LogP contribution is -2.50. The Hall–Kier alpha value is -4.11. The molecule has 1 aliphatic heterocycles. The van der Waals surface area contributed by atoms with E-state index in [1.807, 2.05) is 0 Å². The Morgan fingerprint density at radius 1 is 1.04 bits per heavy atom. The van der Waals surface area contributed by atoms with Crippen molar-refractivity contribution in [3.63, 3.8) is 0 Å². The zero-order valence-electron chi connectivity index (χ0n) is 24.9. The molecule has 4 amide bonds. The number of likely N-dealkylation sites (tertiary alicyclic amines) is 1. The number of fused-ring (bicyclic) bond motifs is 1. The van der Waals surface area contributed by atoms with E-state index < -0.39 is 17.8 Å². The lowest BCUT2D eigenvalue weighted by Gasteiger charge is -2.25. The molecule has 4 aliphatic rings. The van der Waals surface area contributed by atoms with Gasteiger partial charge in [-0.3, -0.25) is 14.3 Å². The molecule has 3 heterocycles. The van der Waals surface area contributed by atoms with E-state index in [0.29, 0.717) is 13.1 Å². The van der Waals surface area contributed by atoms with E-state index in [1.54, 1.807) is 4.90 Å². The summed E-state index contributed by atoms with van der Waals surface area (Å²) in [6, 6.07) is 4.18. The quantitative estimate of drug-likeness (QED) is 0.303. The normalized spacial score (nSPS) is 25.3. The van der Waals surface area contributed by atoms with E-state index in [-0.39, 0.29) is 81.3 Å². The second-order valence-electron chi connectivity index (χ2n) is 12.7. The van der Waals surface area contributed by atoms with E-state index in [9.17, 15) is 27.6 Å². The standard InChI is InChI=1S/C30H33ClF3N9O3/c1-41-23(19-13-43(15-6-7-15)40-25(19)30(32,33)34)10-36-26(41)28(45)37-14-5-8-16(20(31)9-14)27(44)39-24-17-11-42(12-18(17)24)29(46)38-22-4-2-3-21(22)35/h5,8-10,13,15,17-18,21-22,24H,2-4,6-7,11-12,35H2,1H3,(H,37,45)(H,38,46)(H,39,44)/t17-,18+,21-,22+,24?/m0/s1. The van der Waals surface area contributed by atoms with Crippen LogP contribution in [0.5, 0.6) is 0 Å². The van der Waals surface area contributed by atoms with Crippen molar-refractivity contribution in [1.82, 2.24) is 34.9 Å². The number of rotatable bonds is 7. The number of alkyl halides is 3. The van der Waals surface area contributed by atoms with Crippen LogP contribution in [0, 0.1) is 11.8 Å². The van der Waals surface area contributed by atoms with Crippen molar-refractivity contribution in [2.45, 2.75) is 62.4 Å². The first kappa shape index (κ1) is 30.5. The first-order valence-electron chi connectivity index (χ1n) is 15.3. The van der Waals surface area contributed by atoms with Crippen LogP contribution in [-0.2, 0) is 13.2 Å². The molecule has 1 unspecified atom stereocenters. The summed E-state index contributed by atoms with van der Waals surface area (Å²) < 4.78 is 43.8. The number of hydrogen-bond donors (Lipinski definition) is 4. The smallest absolute Gasteiger partial charge is 0.349 e. The molecule has 4 fully saturated rings. The summed E-state index contributed by atoms with van der Waals surface area (Å²) in [6.07, 6.45) is 2.21. The minimum atomic E-state index is -4.67. The molecule has 12 nitrogen and oxygen atoms in total. The average Bonchev–Trinajstić information content (AvgIpc) is 3.62. The van der Waals surface area contributed by atoms with E-state index in [2.05, 4.69) is 26.0 Å². The van der Waals surface area contributed by atoms with Crippen molar-refractivity contribution in [3.8, 4) is 11.3 Å². The molecule has 2 aromatic heterocycles. The van der Waals surface area contributed by atoms with Gasteiger partial charge in [0.2, 0.25) is 0 Å². The van der Waals surface area contributed by atoms with Crippen LogP contribution in [0.15, 0.2) is 30.6 Å². The molecule has 0 radical (unpaired) electrons. The maximum absolute atomic E-state index is 13.7. The summed E-state index contributed by atoms with van der Waals surface area (Å²) in [7, 11) is 1.45. The molecule has 1 saturated heterocycles. The van der Waals surface area contributed by atoms with E-state index in [4.69, 9.17) is 17.3 Å². The minimum absolute atomic E-state index is 0.00477. The second kappa shape index (κ2) is 11.3. The molecule has 1 aromatic carbocycles. The molecule has 16 heteroatoms. The van der Waals surface area contributed by atoms with Crippen LogP contribution in [0.25, 0.3) is 11.3 Å². The SMILES string of the molecule is Cn1c(-c2cn(C3CC3)nc2C(F)(F)F)cnc1C(=O)Nc1ccc(C(=O)NC2[C@H]3CN(C(=O)N[C@@H]4CCC[C@@H]4N)C[C@@H]23)c(Cl)c1. The Morgan fingerprint density at radius 2 is 1.78 bits per heavy atom. The number of nitrogens with zero attached hydrogens (tertiary/aromatic N) is 5. The molecule has 5 N–H and O–H groups in total. The van der Waals surface area contributed by atoms with Crippen molar-refractivity contribution in [1.29, 1.82) is 0 Å². The average molecular weight is 660 g/mol. The number of urea groups is 1. The van der Waals surface area contributed by atoms with Gasteiger partial charge in [0.1, 0.15) is 0 Å². The third-order valence-electron chi connectivity index (χ3n) is 9.52. The topological polar surface area (TPSA) is 152 Å². The Balaban J connectivity index is 0.958. The van der Waals surface area contributed by atoms with Gasteiger partial charge >= 0.3 is 12.2 Å². The molecule has 0 spiro atoms. The fourth-order valence-electron chi connectivity index (χ4n) is 6.70. The number of amides is 4. The molecule has 7 rings (SSSR count). The van der Waals surface area contributed by atoms with Gasteiger partial charge in [-0.05, 0) is 50.3 Å². The van der Waals surface area contributed by atoms with E-state index in [1.165, 1.54) is 46.9 Å². The van der Waals surface area contributed by atoms with Crippen LogP contribution in [0.4, 0.5) is 23.7 Å². The van der Waals surface area contributed by atoms with Gasteiger partial charge in [-0.2, -0.15) is 18.3 Å². The van der Waals surface area contributed by atoms with Gasteiger partial charge < -0.3 is 31.2 Å². The number of carbonyl (C=O) groups excluding carboxylic acids is 3. The van der Waals surface area contributed by atoms with Crippen molar-refractivity contribution < 1.29 is 27.6 Å². The summed E-state index contributed by atoms with van der Waals surface area (Å²) in [5.41, 5.74) is 5.48. The molecule has 46 heavy (non-hydrogen) atoms. The predicted octanol–water partition coefficient (Wildman–Crippen LogP) is 3.79. The van der Waals surface area contributed by atoms with Gasteiger partial charge in [0, 0.05) is 62.0 Å². The molecular formula is C30H33ClF3N9O3. The number of hydrogen-bond acceptors (Lipinski definition) is 6. The number of aromatic nitrogens is 4. The number of anilines is 1. The van der Waals surface area contributed by atoms with Crippen molar-refractivity contribution in [2.24, 2.45) is 24.6 Å². The predicted molar refractivity (Wildman–Crippen MR) is 161 cm³/mol. The van der Waals surface area contributed by atoms with Gasteiger partial charge in [0.05, 0.1) is 34.1 Å². The highest BCUT2D eigenvalue weighted by Gasteiger charge is 2.57. The second-order valence-corrected chi connectivity index (χ2v) is 13.1. The summed E-state index contributed by atoms with van der Waals surface area (Å²) in [5.74, 6) is -0.811. The first-order chi connectivity index (χ1) is 21.9. The first-order valence-corrected chi connectivity index (χ1v) is 15.7. The van der Waals surface area contributed by atoms with Crippen molar-refractivity contribution >= 4 is 35.1 Å². The number of imidazole rings is 1. The van der Waals surface area contributed by atoms with Crippen LogP contribution < -0.4 is 21.7 Å². The molecule has 5 atom stereocenters. The zero-order chi connectivity index (χ0) is 32.5. The fraction of sp³-hybridized carbons (Fsp3) is 0.500.